The molecule has 2 heterocycles. The molecule has 0 atom stereocenters. The molecule has 21 heavy (non-hydrogen) atoms. The van der Waals surface area contributed by atoms with E-state index in [0.29, 0.717) is 17.9 Å². The molecule has 0 radical (unpaired) electrons. The monoisotopic (exact) mass is 279 g/mol. The topological polar surface area (TPSA) is 71.1 Å². The largest absolute Gasteiger partial charge is 0.483 e. The first-order valence-corrected chi connectivity index (χ1v) is 6.49. The zero-order valence-corrected chi connectivity index (χ0v) is 11.5. The maximum atomic E-state index is 9.17. The van der Waals surface area contributed by atoms with Gasteiger partial charge < -0.3 is 14.5 Å². The van der Waals surface area contributed by atoms with E-state index in [4.69, 9.17) is 14.4 Å². The minimum atomic E-state index is 0.186. The van der Waals surface area contributed by atoms with E-state index in [2.05, 4.69) is 10.3 Å². The van der Waals surface area contributed by atoms with Gasteiger partial charge in [-0.05, 0) is 18.2 Å². The number of fused-ring (bicyclic) bond motifs is 1. The van der Waals surface area contributed by atoms with E-state index in [0.717, 1.165) is 16.8 Å². The Labute approximate surface area is 121 Å². The summed E-state index contributed by atoms with van der Waals surface area (Å²) in [5.41, 5.74) is 1.55. The second-order valence-electron chi connectivity index (χ2n) is 4.42. The molecule has 0 aliphatic carbocycles. The van der Waals surface area contributed by atoms with Crippen molar-refractivity contribution in [2.24, 2.45) is 0 Å². The number of hydrogen-bond donors (Lipinski definition) is 1. The third kappa shape index (κ3) is 2.39. The van der Waals surface area contributed by atoms with Crippen LogP contribution in [0.2, 0.25) is 0 Å². The van der Waals surface area contributed by atoms with Crippen LogP contribution < -0.4 is 10.1 Å². The highest BCUT2D eigenvalue weighted by Gasteiger charge is 2.15. The van der Waals surface area contributed by atoms with Crippen molar-refractivity contribution < 1.29 is 9.15 Å². The summed E-state index contributed by atoms with van der Waals surface area (Å²) in [5.74, 6) is 1.41. The first kappa shape index (κ1) is 13.0. The number of furan rings is 1. The molecule has 3 aromatic rings. The number of nitriles is 1. The predicted molar refractivity (Wildman–Crippen MR) is 79.0 cm³/mol. The Kier molecular flexibility index (Phi) is 3.44. The van der Waals surface area contributed by atoms with E-state index in [1.165, 1.54) is 0 Å². The summed E-state index contributed by atoms with van der Waals surface area (Å²) in [6.45, 7) is 0.308. The number of para-hydroxylation sites is 1. The van der Waals surface area contributed by atoms with Crippen LogP contribution in [-0.2, 0) is 6.61 Å². The highest BCUT2D eigenvalue weighted by atomic mass is 16.5. The lowest BCUT2D eigenvalue weighted by molar-refractivity contribution is 0.304. The third-order valence-electron chi connectivity index (χ3n) is 3.15. The summed E-state index contributed by atoms with van der Waals surface area (Å²) in [6.07, 6.45) is 1.71. The predicted octanol–water partition coefficient (Wildman–Crippen LogP) is 3.32. The zero-order chi connectivity index (χ0) is 14.7. The van der Waals surface area contributed by atoms with E-state index in [1.54, 1.807) is 13.2 Å². The van der Waals surface area contributed by atoms with E-state index >= 15 is 0 Å². The van der Waals surface area contributed by atoms with Gasteiger partial charge in [-0.15, -0.1) is 0 Å². The van der Waals surface area contributed by atoms with Gasteiger partial charge in [0.15, 0.2) is 5.75 Å². The first-order chi connectivity index (χ1) is 10.3. The fourth-order valence-corrected chi connectivity index (χ4v) is 2.17. The average molecular weight is 279 g/mol. The standard InChI is InChI=1S/C16H13N3O2/c1-18-16-11(5-4-8-19-16)10-20-15-12-6-2-3-7-13(12)21-14(15)9-17/h2-8H,10H2,1H3,(H,18,19). The maximum absolute atomic E-state index is 9.17. The Morgan fingerprint density at radius 1 is 1.29 bits per heavy atom. The molecule has 0 bridgehead atoms. The average Bonchev–Trinajstić information content (AvgIpc) is 2.91. The van der Waals surface area contributed by atoms with Gasteiger partial charge in [-0.25, -0.2) is 4.98 Å². The Hall–Kier alpha value is -3.00. The van der Waals surface area contributed by atoms with Crippen molar-refractivity contribution in [3.63, 3.8) is 0 Å². The SMILES string of the molecule is CNc1ncccc1COc1c(C#N)oc2ccccc12. The van der Waals surface area contributed by atoms with Crippen LogP contribution in [-0.4, -0.2) is 12.0 Å². The molecule has 5 heteroatoms. The number of benzene rings is 1. The van der Waals surface area contributed by atoms with E-state index < -0.39 is 0 Å². The number of rotatable bonds is 4. The summed E-state index contributed by atoms with van der Waals surface area (Å²) in [6, 6.07) is 13.2. The van der Waals surface area contributed by atoms with Crippen LogP contribution in [0, 0.1) is 11.3 Å². The van der Waals surface area contributed by atoms with Crippen molar-refractivity contribution in [1.29, 1.82) is 5.26 Å². The zero-order valence-electron chi connectivity index (χ0n) is 11.5. The van der Waals surface area contributed by atoms with E-state index in [9.17, 15) is 0 Å². The summed E-state index contributed by atoms with van der Waals surface area (Å²) >= 11 is 0. The smallest absolute Gasteiger partial charge is 0.246 e. The van der Waals surface area contributed by atoms with Crippen LogP contribution in [0.5, 0.6) is 5.75 Å². The molecule has 2 aromatic heterocycles. The second-order valence-corrected chi connectivity index (χ2v) is 4.42. The number of hydrogen-bond acceptors (Lipinski definition) is 5. The number of anilines is 1. The number of nitrogens with one attached hydrogen (secondary N) is 1. The van der Waals surface area contributed by atoms with Crippen LogP contribution >= 0.6 is 0 Å². The number of aromatic nitrogens is 1. The summed E-state index contributed by atoms with van der Waals surface area (Å²) in [4.78, 5) is 4.22. The van der Waals surface area contributed by atoms with Crippen LogP contribution in [0.3, 0.4) is 0 Å². The van der Waals surface area contributed by atoms with Gasteiger partial charge in [-0.2, -0.15) is 5.26 Å². The molecular formula is C16H13N3O2. The first-order valence-electron chi connectivity index (χ1n) is 6.49. The molecule has 0 amide bonds. The molecule has 0 saturated heterocycles. The number of pyridine rings is 1. The minimum absolute atomic E-state index is 0.186. The van der Waals surface area contributed by atoms with Crippen molar-refractivity contribution in [2.75, 3.05) is 12.4 Å². The quantitative estimate of drug-likeness (QED) is 0.793. The summed E-state index contributed by atoms with van der Waals surface area (Å²) in [5, 5.41) is 13.0. The van der Waals surface area contributed by atoms with Crippen LogP contribution in [0.1, 0.15) is 11.3 Å². The van der Waals surface area contributed by atoms with Gasteiger partial charge in [0.1, 0.15) is 24.1 Å². The van der Waals surface area contributed by atoms with E-state index in [1.807, 2.05) is 42.5 Å². The Morgan fingerprint density at radius 2 is 2.14 bits per heavy atom. The molecule has 0 unspecified atom stereocenters. The van der Waals surface area contributed by atoms with Gasteiger partial charge in [0, 0.05) is 18.8 Å². The summed E-state index contributed by atoms with van der Waals surface area (Å²) in [7, 11) is 1.81. The molecule has 5 nitrogen and oxygen atoms in total. The Bertz CT molecular complexity index is 818. The fourth-order valence-electron chi connectivity index (χ4n) is 2.17. The summed E-state index contributed by atoms with van der Waals surface area (Å²) < 4.78 is 11.3. The Balaban J connectivity index is 1.93. The fraction of sp³-hybridized carbons (Fsp3) is 0.125. The van der Waals surface area contributed by atoms with Gasteiger partial charge in [-0.3, -0.25) is 0 Å². The lowest BCUT2D eigenvalue weighted by atomic mass is 10.2. The minimum Gasteiger partial charge on any atom is -0.483 e. The number of nitrogens with zero attached hydrogens (tertiary/aromatic N) is 2. The van der Waals surface area contributed by atoms with Crippen molar-refractivity contribution in [1.82, 2.24) is 4.98 Å². The van der Waals surface area contributed by atoms with Gasteiger partial charge in [-0.1, -0.05) is 18.2 Å². The maximum Gasteiger partial charge on any atom is 0.246 e. The molecule has 0 aliphatic heterocycles. The lowest BCUT2D eigenvalue weighted by Gasteiger charge is -2.08. The van der Waals surface area contributed by atoms with Crippen molar-refractivity contribution in [2.45, 2.75) is 6.61 Å². The molecular weight excluding hydrogens is 266 g/mol. The Morgan fingerprint density at radius 3 is 2.95 bits per heavy atom. The van der Waals surface area contributed by atoms with Gasteiger partial charge in [0.25, 0.3) is 0 Å². The molecule has 104 valence electrons. The second kappa shape index (κ2) is 5.55. The molecule has 1 N–H and O–H groups in total. The van der Waals surface area contributed by atoms with Crippen LogP contribution in [0.15, 0.2) is 47.0 Å². The highest BCUT2D eigenvalue weighted by molar-refractivity contribution is 5.86. The van der Waals surface area contributed by atoms with E-state index in [-0.39, 0.29) is 5.76 Å². The van der Waals surface area contributed by atoms with Crippen LogP contribution in [0.4, 0.5) is 5.82 Å². The normalized spacial score (nSPS) is 10.3. The molecule has 0 fully saturated rings. The molecule has 0 spiro atoms. The van der Waals surface area contributed by atoms with Gasteiger partial charge in [0.05, 0.1) is 5.39 Å². The number of ether oxygens (including phenoxy) is 1. The van der Waals surface area contributed by atoms with Crippen molar-refractivity contribution >= 4 is 16.8 Å². The highest BCUT2D eigenvalue weighted by Crippen LogP contribution is 2.33. The third-order valence-corrected chi connectivity index (χ3v) is 3.15. The molecule has 3 rings (SSSR count). The van der Waals surface area contributed by atoms with Gasteiger partial charge >= 0.3 is 0 Å². The van der Waals surface area contributed by atoms with Gasteiger partial charge in [0.2, 0.25) is 5.76 Å². The lowest BCUT2D eigenvalue weighted by Crippen LogP contribution is -2.02. The molecule has 1 aromatic carbocycles. The van der Waals surface area contributed by atoms with Crippen molar-refractivity contribution in [3.05, 3.63) is 53.9 Å². The van der Waals surface area contributed by atoms with Crippen LogP contribution in [0.25, 0.3) is 11.0 Å². The van der Waals surface area contributed by atoms with Crippen molar-refractivity contribution in [3.8, 4) is 11.8 Å². The molecule has 0 aliphatic rings. The molecule has 0 saturated carbocycles.